The Morgan fingerprint density at radius 1 is 1.29 bits per heavy atom. The molecule has 1 N–H and O–H groups in total. The van der Waals surface area contributed by atoms with Crippen LogP contribution < -0.4 is 5.32 Å². The van der Waals surface area contributed by atoms with E-state index in [4.69, 9.17) is 0 Å². The van der Waals surface area contributed by atoms with Crippen LogP contribution in [-0.4, -0.2) is 36.8 Å². The van der Waals surface area contributed by atoms with E-state index < -0.39 is 10.0 Å². The van der Waals surface area contributed by atoms with Crippen LogP contribution in [-0.2, 0) is 16.6 Å². The summed E-state index contributed by atoms with van der Waals surface area (Å²) >= 11 is 0. The highest BCUT2D eigenvalue weighted by molar-refractivity contribution is 7.89. The van der Waals surface area contributed by atoms with Gasteiger partial charge in [0, 0.05) is 32.1 Å². The number of hydrogen-bond acceptors (Lipinski definition) is 5. The lowest BCUT2D eigenvalue weighted by Crippen LogP contribution is -2.27. The molecule has 112 valence electrons. The van der Waals surface area contributed by atoms with Gasteiger partial charge in [-0.3, -0.25) is 4.98 Å². The van der Waals surface area contributed by atoms with Gasteiger partial charge in [-0.2, -0.15) is 4.31 Å². The lowest BCUT2D eigenvalue weighted by molar-refractivity contribution is 0.462. The molecule has 0 atom stereocenters. The van der Waals surface area contributed by atoms with Gasteiger partial charge in [0.25, 0.3) is 0 Å². The van der Waals surface area contributed by atoms with Gasteiger partial charge in [0.1, 0.15) is 5.82 Å². The fraction of sp³-hybridized carbons (Fsp3) is 0.286. The molecule has 0 saturated heterocycles. The SMILES string of the molecule is CNc1cc(S(=O)(=O)N(C)Cc2cccc(C)n2)ccn1. The highest BCUT2D eigenvalue weighted by Crippen LogP contribution is 2.18. The van der Waals surface area contributed by atoms with Crippen LogP contribution >= 0.6 is 0 Å². The van der Waals surface area contributed by atoms with E-state index in [-0.39, 0.29) is 11.4 Å². The van der Waals surface area contributed by atoms with Gasteiger partial charge in [-0.25, -0.2) is 13.4 Å². The minimum absolute atomic E-state index is 0.206. The topological polar surface area (TPSA) is 75.2 Å². The molecule has 7 heteroatoms. The van der Waals surface area contributed by atoms with Gasteiger partial charge in [0.05, 0.1) is 17.1 Å². The summed E-state index contributed by atoms with van der Waals surface area (Å²) in [5.41, 5.74) is 1.57. The van der Waals surface area contributed by atoms with Gasteiger partial charge < -0.3 is 5.32 Å². The fourth-order valence-corrected chi connectivity index (χ4v) is 3.04. The highest BCUT2D eigenvalue weighted by atomic mass is 32.2. The first-order valence-corrected chi connectivity index (χ1v) is 7.90. The van der Waals surface area contributed by atoms with E-state index >= 15 is 0 Å². The summed E-state index contributed by atoms with van der Waals surface area (Å²) in [7, 11) is -0.335. The first kappa shape index (κ1) is 15.4. The van der Waals surface area contributed by atoms with Crippen molar-refractivity contribution >= 4 is 15.8 Å². The van der Waals surface area contributed by atoms with Crippen LogP contribution in [0.3, 0.4) is 0 Å². The van der Waals surface area contributed by atoms with Crippen LogP contribution in [0.2, 0.25) is 0 Å². The van der Waals surface area contributed by atoms with Gasteiger partial charge in [-0.05, 0) is 25.1 Å². The molecular weight excluding hydrogens is 288 g/mol. The number of rotatable bonds is 5. The van der Waals surface area contributed by atoms with E-state index in [1.807, 2.05) is 25.1 Å². The predicted molar refractivity (Wildman–Crippen MR) is 81.4 cm³/mol. The van der Waals surface area contributed by atoms with Crippen LogP contribution in [0.1, 0.15) is 11.4 Å². The van der Waals surface area contributed by atoms with Crippen LogP contribution in [0.25, 0.3) is 0 Å². The molecule has 0 bridgehead atoms. The summed E-state index contributed by atoms with van der Waals surface area (Å²) < 4.78 is 26.3. The third-order valence-corrected chi connectivity index (χ3v) is 4.83. The largest absolute Gasteiger partial charge is 0.373 e. The monoisotopic (exact) mass is 306 g/mol. The van der Waals surface area contributed by atoms with Crippen molar-refractivity contribution in [2.24, 2.45) is 0 Å². The summed E-state index contributed by atoms with van der Waals surface area (Å²) in [6.07, 6.45) is 1.47. The maximum Gasteiger partial charge on any atom is 0.243 e. The third kappa shape index (κ3) is 3.56. The Morgan fingerprint density at radius 2 is 2.05 bits per heavy atom. The van der Waals surface area contributed by atoms with Crippen LogP contribution in [0, 0.1) is 6.92 Å². The van der Waals surface area contributed by atoms with Crippen molar-refractivity contribution in [3.8, 4) is 0 Å². The molecule has 0 spiro atoms. The third-order valence-electron chi connectivity index (χ3n) is 3.03. The molecule has 2 rings (SSSR count). The average Bonchev–Trinajstić information content (AvgIpc) is 2.47. The summed E-state index contributed by atoms with van der Waals surface area (Å²) in [6, 6.07) is 8.54. The Bertz CT molecular complexity index is 731. The molecule has 0 fully saturated rings. The lowest BCUT2D eigenvalue weighted by Gasteiger charge is -2.17. The van der Waals surface area contributed by atoms with E-state index in [1.54, 1.807) is 14.1 Å². The van der Waals surface area contributed by atoms with E-state index in [2.05, 4.69) is 15.3 Å². The highest BCUT2D eigenvalue weighted by Gasteiger charge is 2.21. The molecule has 2 heterocycles. The molecule has 0 aromatic carbocycles. The summed E-state index contributed by atoms with van der Waals surface area (Å²) in [5, 5.41) is 2.83. The van der Waals surface area contributed by atoms with E-state index in [1.165, 1.54) is 22.6 Å². The summed E-state index contributed by atoms with van der Waals surface area (Å²) in [6.45, 7) is 2.10. The number of nitrogens with one attached hydrogen (secondary N) is 1. The number of anilines is 1. The van der Waals surface area contributed by atoms with E-state index in [0.29, 0.717) is 11.5 Å². The Hall–Kier alpha value is -1.99. The summed E-state index contributed by atoms with van der Waals surface area (Å²) in [4.78, 5) is 8.55. The number of aryl methyl sites for hydroxylation is 1. The average molecular weight is 306 g/mol. The number of aromatic nitrogens is 2. The Balaban J connectivity index is 2.26. The second-order valence-corrected chi connectivity index (χ2v) is 6.70. The van der Waals surface area contributed by atoms with Gasteiger partial charge >= 0.3 is 0 Å². The molecule has 0 amide bonds. The minimum atomic E-state index is -3.57. The van der Waals surface area contributed by atoms with E-state index in [0.717, 1.165) is 5.69 Å². The number of sulfonamides is 1. The Morgan fingerprint density at radius 3 is 2.71 bits per heavy atom. The van der Waals surface area contributed by atoms with Crippen molar-refractivity contribution < 1.29 is 8.42 Å². The fourth-order valence-electron chi connectivity index (χ4n) is 1.89. The van der Waals surface area contributed by atoms with E-state index in [9.17, 15) is 8.42 Å². The predicted octanol–water partition coefficient (Wildman–Crippen LogP) is 1.65. The first-order valence-electron chi connectivity index (χ1n) is 6.46. The standard InChI is InChI=1S/C14H18N4O2S/c1-11-5-4-6-12(17-11)10-18(3)21(19,20)13-7-8-16-14(9-13)15-2/h4-9H,10H2,1-3H3,(H,15,16). The molecule has 6 nitrogen and oxygen atoms in total. The van der Waals surface area contributed by atoms with Gasteiger partial charge in [0.2, 0.25) is 10.0 Å². The maximum absolute atomic E-state index is 12.5. The molecule has 0 aliphatic rings. The lowest BCUT2D eigenvalue weighted by atomic mass is 10.3. The zero-order valence-corrected chi connectivity index (χ0v) is 13.1. The van der Waals surface area contributed by atoms with Crippen molar-refractivity contribution in [3.05, 3.63) is 47.9 Å². The quantitative estimate of drug-likeness (QED) is 0.909. The molecule has 2 aromatic rings. The molecule has 21 heavy (non-hydrogen) atoms. The van der Waals surface area contributed by atoms with Gasteiger partial charge in [-0.15, -0.1) is 0 Å². The van der Waals surface area contributed by atoms with Crippen molar-refractivity contribution in [1.82, 2.24) is 14.3 Å². The van der Waals surface area contributed by atoms with Crippen molar-refractivity contribution in [1.29, 1.82) is 0 Å². The second-order valence-electron chi connectivity index (χ2n) is 4.66. The summed E-state index contributed by atoms with van der Waals surface area (Å²) in [5.74, 6) is 0.512. The molecule has 0 radical (unpaired) electrons. The molecular formula is C14H18N4O2S. The molecule has 0 aliphatic heterocycles. The van der Waals surface area contributed by atoms with Gasteiger partial charge in [0.15, 0.2) is 0 Å². The smallest absolute Gasteiger partial charge is 0.243 e. The van der Waals surface area contributed by atoms with Crippen molar-refractivity contribution in [2.75, 3.05) is 19.4 Å². The maximum atomic E-state index is 12.5. The minimum Gasteiger partial charge on any atom is -0.373 e. The molecule has 0 unspecified atom stereocenters. The zero-order valence-electron chi connectivity index (χ0n) is 12.2. The molecule has 0 saturated carbocycles. The Kier molecular flexibility index (Phi) is 4.54. The Labute approximate surface area is 124 Å². The normalized spacial score (nSPS) is 11.6. The van der Waals surface area contributed by atoms with Crippen molar-refractivity contribution in [2.45, 2.75) is 18.4 Å². The second kappa shape index (κ2) is 6.19. The molecule has 2 aromatic heterocycles. The van der Waals surface area contributed by atoms with Crippen LogP contribution in [0.4, 0.5) is 5.82 Å². The number of pyridine rings is 2. The first-order chi connectivity index (χ1) is 9.93. The van der Waals surface area contributed by atoms with Crippen LogP contribution in [0.5, 0.6) is 0 Å². The van der Waals surface area contributed by atoms with Crippen LogP contribution in [0.15, 0.2) is 41.4 Å². The molecule has 0 aliphatic carbocycles. The number of nitrogens with zero attached hydrogens (tertiary/aromatic N) is 3. The van der Waals surface area contributed by atoms with Crippen molar-refractivity contribution in [3.63, 3.8) is 0 Å². The zero-order chi connectivity index (χ0) is 15.5. The van der Waals surface area contributed by atoms with Gasteiger partial charge in [-0.1, -0.05) is 6.07 Å². The number of hydrogen-bond donors (Lipinski definition) is 1.